The van der Waals surface area contributed by atoms with Gasteiger partial charge in [-0.15, -0.1) is 0 Å². The van der Waals surface area contributed by atoms with Crippen LogP contribution in [0.5, 0.6) is 5.75 Å². The number of amides is 1. The van der Waals surface area contributed by atoms with E-state index in [1.807, 2.05) is 30.3 Å². The molecule has 0 fully saturated rings. The summed E-state index contributed by atoms with van der Waals surface area (Å²) in [5, 5.41) is 16.6. The summed E-state index contributed by atoms with van der Waals surface area (Å²) in [6.45, 7) is 2.15. The maximum Gasteiger partial charge on any atom is 0.271 e. The predicted octanol–water partition coefficient (Wildman–Crippen LogP) is 4.61. The SMILES string of the molecule is C[C@@H](Nc1cccc([N+](=O)[O-])c1)C(=O)Nc1ccc(OCc2ccccc2)cc1. The number of rotatable bonds is 8. The lowest BCUT2D eigenvalue weighted by Crippen LogP contribution is -2.31. The van der Waals surface area contributed by atoms with E-state index in [2.05, 4.69) is 10.6 Å². The molecular weight excluding hydrogens is 370 g/mol. The number of carbonyl (C=O) groups excluding carboxylic acids is 1. The average molecular weight is 391 g/mol. The highest BCUT2D eigenvalue weighted by Crippen LogP contribution is 2.19. The van der Waals surface area contributed by atoms with E-state index in [0.29, 0.717) is 23.7 Å². The Kier molecular flexibility index (Phi) is 6.42. The molecular formula is C22H21N3O4. The molecule has 2 N–H and O–H groups in total. The van der Waals surface area contributed by atoms with Crippen molar-refractivity contribution in [3.8, 4) is 5.75 Å². The Morgan fingerprint density at radius 3 is 2.41 bits per heavy atom. The van der Waals surface area contributed by atoms with Crippen LogP contribution in [0.25, 0.3) is 0 Å². The van der Waals surface area contributed by atoms with Gasteiger partial charge >= 0.3 is 0 Å². The van der Waals surface area contributed by atoms with Crippen molar-refractivity contribution >= 4 is 23.0 Å². The summed E-state index contributed by atoms with van der Waals surface area (Å²) in [6, 6.07) is 22.4. The molecule has 148 valence electrons. The van der Waals surface area contributed by atoms with Gasteiger partial charge in [-0.1, -0.05) is 36.4 Å². The van der Waals surface area contributed by atoms with Crippen molar-refractivity contribution in [1.82, 2.24) is 0 Å². The average Bonchev–Trinajstić information content (AvgIpc) is 2.74. The Balaban J connectivity index is 1.53. The van der Waals surface area contributed by atoms with Crippen molar-refractivity contribution in [2.75, 3.05) is 10.6 Å². The first-order valence-electron chi connectivity index (χ1n) is 9.10. The summed E-state index contributed by atoms with van der Waals surface area (Å²) in [4.78, 5) is 22.8. The second-order valence-corrected chi connectivity index (χ2v) is 6.46. The van der Waals surface area contributed by atoms with Gasteiger partial charge in [0, 0.05) is 23.5 Å². The monoisotopic (exact) mass is 391 g/mol. The van der Waals surface area contributed by atoms with E-state index in [1.165, 1.54) is 12.1 Å². The third-order valence-corrected chi connectivity index (χ3v) is 4.20. The number of anilines is 2. The fourth-order valence-electron chi connectivity index (χ4n) is 2.65. The third kappa shape index (κ3) is 5.80. The number of hydrogen-bond donors (Lipinski definition) is 2. The maximum atomic E-state index is 12.4. The molecule has 0 aliphatic carbocycles. The smallest absolute Gasteiger partial charge is 0.271 e. The molecule has 7 heteroatoms. The van der Waals surface area contributed by atoms with E-state index < -0.39 is 11.0 Å². The van der Waals surface area contributed by atoms with Gasteiger partial charge in [-0.05, 0) is 42.8 Å². The van der Waals surface area contributed by atoms with Gasteiger partial charge in [-0.25, -0.2) is 0 Å². The van der Waals surface area contributed by atoms with E-state index in [0.717, 1.165) is 5.56 Å². The second kappa shape index (κ2) is 9.36. The van der Waals surface area contributed by atoms with Crippen LogP contribution in [0.4, 0.5) is 17.1 Å². The van der Waals surface area contributed by atoms with Crippen molar-refractivity contribution in [2.24, 2.45) is 0 Å². The number of hydrogen-bond acceptors (Lipinski definition) is 5. The zero-order valence-electron chi connectivity index (χ0n) is 15.9. The number of nitro groups is 1. The van der Waals surface area contributed by atoms with Crippen LogP contribution in [0, 0.1) is 10.1 Å². The predicted molar refractivity (Wildman–Crippen MR) is 112 cm³/mol. The zero-order valence-corrected chi connectivity index (χ0v) is 15.9. The highest BCUT2D eigenvalue weighted by atomic mass is 16.6. The summed E-state index contributed by atoms with van der Waals surface area (Å²) < 4.78 is 5.73. The number of nitrogens with zero attached hydrogens (tertiary/aromatic N) is 1. The molecule has 0 saturated carbocycles. The molecule has 0 aromatic heterocycles. The van der Waals surface area contributed by atoms with Crippen LogP contribution < -0.4 is 15.4 Å². The van der Waals surface area contributed by atoms with Crippen molar-refractivity contribution in [1.29, 1.82) is 0 Å². The van der Waals surface area contributed by atoms with Crippen LogP contribution in [-0.2, 0) is 11.4 Å². The normalized spacial score (nSPS) is 11.3. The third-order valence-electron chi connectivity index (χ3n) is 4.20. The first-order chi connectivity index (χ1) is 14.0. The molecule has 7 nitrogen and oxygen atoms in total. The number of benzene rings is 3. The summed E-state index contributed by atoms with van der Waals surface area (Å²) in [6.07, 6.45) is 0. The van der Waals surface area contributed by atoms with Gasteiger partial charge in [0.1, 0.15) is 18.4 Å². The molecule has 0 aliphatic rings. The van der Waals surface area contributed by atoms with Gasteiger partial charge in [-0.2, -0.15) is 0 Å². The van der Waals surface area contributed by atoms with Crippen molar-refractivity contribution in [3.05, 3.63) is 94.5 Å². The Labute approximate surface area is 168 Å². The molecule has 0 saturated heterocycles. The van der Waals surface area contributed by atoms with Gasteiger partial charge < -0.3 is 15.4 Å². The lowest BCUT2D eigenvalue weighted by Gasteiger charge is -2.15. The van der Waals surface area contributed by atoms with Crippen LogP contribution in [0.1, 0.15) is 12.5 Å². The molecule has 0 radical (unpaired) electrons. The molecule has 0 unspecified atom stereocenters. The van der Waals surface area contributed by atoms with Gasteiger partial charge in [0.05, 0.1) is 4.92 Å². The lowest BCUT2D eigenvalue weighted by molar-refractivity contribution is -0.384. The van der Waals surface area contributed by atoms with Gasteiger partial charge in [-0.3, -0.25) is 14.9 Å². The second-order valence-electron chi connectivity index (χ2n) is 6.46. The number of nitrogens with one attached hydrogen (secondary N) is 2. The summed E-state index contributed by atoms with van der Waals surface area (Å²) in [7, 11) is 0. The van der Waals surface area contributed by atoms with Crippen LogP contribution in [0.15, 0.2) is 78.9 Å². The van der Waals surface area contributed by atoms with Gasteiger partial charge in [0.25, 0.3) is 5.69 Å². The molecule has 3 aromatic rings. The van der Waals surface area contributed by atoms with Crippen molar-refractivity contribution in [3.63, 3.8) is 0 Å². The van der Waals surface area contributed by atoms with Crippen molar-refractivity contribution in [2.45, 2.75) is 19.6 Å². The molecule has 0 heterocycles. The van der Waals surface area contributed by atoms with E-state index >= 15 is 0 Å². The minimum Gasteiger partial charge on any atom is -0.489 e. The van der Waals surface area contributed by atoms with Gasteiger partial charge in [0.2, 0.25) is 5.91 Å². The molecule has 0 aliphatic heterocycles. The molecule has 29 heavy (non-hydrogen) atoms. The number of ether oxygens (including phenoxy) is 1. The number of nitro benzene ring substituents is 1. The fraction of sp³-hybridized carbons (Fsp3) is 0.136. The van der Waals surface area contributed by atoms with Gasteiger partial charge in [0.15, 0.2) is 0 Å². The molecule has 3 aromatic carbocycles. The Bertz CT molecular complexity index is 975. The lowest BCUT2D eigenvalue weighted by atomic mass is 10.2. The summed E-state index contributed by atoms with van der Waals surface area (Å²) in [5.74, 6) is 0.448. The van der Waals surface area contributed by atoms with E-state index in [-0.39, 0.29) is 11.6 Å². The van der Waals surface area contributed by atoms with Crippen molar-refractivity contribution < 1.29 is 14.5 Å². The first-order valence-corrected chi connectivity index (χ1v) is 9.10. The maximum absolute atomic E-state index is 12.4. The highest BCUT2D eigenvalue weighted by molar-refractivity contribution is 5.96. The summed E-state index contributed by atoms with van der Waals surface area (Å²) in [5.41, 5.74) is 2.18. The summed E-state index contributed by atoms with van der Waals surface area (Å²) >= 11 is 0. The quantitative estimate of drug-likeness (QED) is 0.432. The zero-order chi connectivity index (χ0) is 20.6. The highest BCUT2D eigenvalue weighted by Gasteiger charge is 2.14. The van der Waals surface area contributed by atoms with Crippen LogP contribution in [-0.4, -0.2) is 16.9 Å². The Hall–Kier alpha value is -3.87. The number of carbonyl (C=O) groups is 1. The topological polar surface area (TPSA) is 93.5 Å². The Morgan fingerprint density at radius 1 is 1.00 bits per heavy atom. The fourth-order valence-corrected chi connectivity index (χ4v) is 2.65. The minimum absolute atomic E-state index is 0.0336. The largest absolute Gasteiger partial charge is 0.489 e. The molecule has 0 bridgehead atoms. The minimum atomic E-state index is -0.578. The number of non-ortho nitro benzene ring substituents is 1. The van der Waals surface area contributed by atoms with E-state index in [1.54, 1.807) is 43.3 Å². The standard InChI is InChI=1S/C22H21N3O4/c1-16(23-19-8-5-9-20(14-19)25(27)28)22(26)24-18-10-12-21(13-11-18)29-15-17-6-3-2-4-7-17/h2-14,16,23H,15H2,1H3,(H,24,26)/t16-/m1/s1. The molecule has 1 atom stereocenters. The van der Waals surface area contributed by atoms with Crippen LogP contribution in [0.2, 0.25) is 0 Å². The first kappa shape index (κ1) is 19.9. The van der Waals surface area contributed by atoms with E-state index in [9.17, 15) is 14.9 Å². The Morgan fingerprint density at radius 2 is 1.72 bits per heavy atom. The van der Waals surface area contributed by atoms with E-state index in [4.69, 9.17) is 4.74 Å². The molecule has 0 spiro atoms. The molecule has 3 rings (SSSR count). The molecule has 1 amide bonds. The van der Waals surface area contributed by atoms with Crippen LogP contribution in [0.3, 0.4) is 0 Å². The van der Waals surface area contributed by atoms with Crippen LogP contribution >= 0.6 is 0 Å².